The molecule has 1 aromatic carbocycles. The highest BCUT2D eigenvalue weighted by molar-refractivity contribution is 5.76. The molecule has 4 aliphatic carbocycles. The summed E-state index contributed by atoms with van der Waals surface area (Å²) < 4.78 is 0. The lowest BCUT2D eigenvalue weighted by molar-refractivity contribution is -0.0412. The smallest absolute Gasteiger partial charge is 0.0893 e. The van der Waals surface area contributed by atoms with Crippen LogP contribution in [0.15, 0.2) is 30.0 Å². The van der Waals surface area contributed by atoms with Crippen LogP contribution < -0.4 is 0 Å². The van der Waals surface area contributed by atoms with E-state index in [1.807, 2.05) is 0 Å². The van der Waals surface area contributed by atoms with Gasteiger partial charge < -0.3 is 5.11 Å². The molecule has 4 aliphatic rings. The molecule has 3 nitrogen and oxygen atoms in total. The molecule has 0 spiro atoms. The van der Waals surface area contributed by atoms with Crippen LogP contribution in [0.25, 0.3) is 11.0 Å². The molecule has 3 fully saturated rings. The number of allylic oxidation sites excluding steroid dienone is 1. The molecule has 7 atom stereocenters. The Bertz CT molecular complexity index is 1110. The third-order valence-electron chi connectivity index (χ3n) is 10.6. The Labute approximate surface area is 192 Å². The van der Waals surface area contributed by atoms with E-state index in [0.717, 1.165) is 41.6 Å². The van der Waals surface area contributed by atoms with Gasteiger partial charge in [0.2, 0.25) is 0 Å². The summed E-state index contributed by atoms with van der Waals surface area (Å²) >= 11 is 0. The lowest BCUT2D eigenvalue weighted by Crippen LogP contribution is -2.50. The number of benzene rings is 1. The maximum atomic E-state index is 10.3. The summed E-state index contributed by atoms with van der Waals surface area (Å²) in [6.07, 6.45) is 14.0. The van der Waals surface area contributed by atoms with Crippen molar-refractivity contribution in [1.29, 1.82) is 0 Å². The van der Waals surface area contributed by atoms with Gasteiger partial charge in [-0.25, -0.2) is 4.98 Å². The summed E-state index contributed by atoms with van der Waals surface area (Å²) in [7, 11) is 0. The fourth-order valence-corrected chi connectivity index (χ4v) is 8.58. The molecule has 1 N–H and O–H groups in total. The summed E-state index contributed by atoms with van der Waals surface area (Å²) in [6.45, 7) is 9.43. The zero-order valence-corrected chi connectivity index (χ0v) is 20.2. The average molecular weight is 431 g/mol. The zero-order valence-electron chi connectivity index (χ0n) is 20.2. The van der Waals surface area contributed by atoms with Crippen molar-refractivity contribution in [2.45, 2.75) is 91.1 Å². The SMILES string of the molecule is Cc1cc2ncc(C3CC[C@H]4[C@@H]5CC=C6C[C@@H](O)CC[C@]6(C)[C@H]5CC[C@]34C)nc2cc1C. The number of hydrogen-bond acceptors (Lipinski definition) is 3. The van der Waals surface area contributed by atoms with E-state index in [-0.39, 0.29) is 6.10 Å². The number of nitrogens with zero attached hydrogens (tertiary/aromatic N) is 2. The van der Waals surface area contributed by atoms with E-state index >= 15 is 0 Å². The Kier molecular flexibility index (Phi) is 4.64. The van der Waals surface area contributed by atoms with E-state index in [4.69, 9.17) is 9.97 Å². The van der Waals surface area contributed by atoms with Crippen LogP contribution >= 0.6 is 0 Å². The second-order valence-electron chi connectivity index (χ2n) is 12.1. The van der Waals surface area contributed by atoms with Crippen molar-refractivity contribution in [3.05, 3.63) is 46.8 Å². The fourth-order valence-electron chi connectivity index (χ4n) is 8.58. The molecule has 1 heterocycles. The lowest BCUT2D eigenvalue weighted by atomic mass is 9.47. The largest absolute Gasteiger partial charge is 0.393 e. The van der Waals surface area contributed by atoms with Crippen molar-refractivity contribution in [1.82, 2.24) is 9.97 Å². The first-order chi connectivity index (χ1) is 15.3. The standard InChI is InChI=1S/C29H38N2O/c1-17-13-25-26(14-18(17)2)31-27(16-30-25)24-8-7-22-21-6-5-19-15-20(32)9-11-28(19,3)23(21)10-12-29(22,24)4/h5,13-14,16,20-24,32H,6-12,15H2,1-4H3/t20-,21-,22-,23-,24?,28-,29-/m0/s1. The Morgan fingerprint density at radius 2 is 1.72 bits per heavy atom. The Hall–Kier alpha value is -1.74. The molecule has 3 heteroatoms. The fraction of sp³-hybridized carbons (Fsp3) is 0.655. The van der Waals surface area contributed by atoms with Gasteiger partial charge in [-0.1, -0.05) is 25.5 Å². The van der Waals surface area contributed by atoms with Crippen LogP contribution in [0.3, 0.4) is 0 Å². The molecule has 6 rings (SSSR count). The number of fused-ring (bicyclic) bond motifs is 6. The molecule has 3 saturated carbocycles. The molecule has 170 valence electrons. The van der Waals surface area contributed by atoms with Gasteiger partial charge in [0.1, 0.15) is 0 Å². The monoisotopic (exact) mass is 430 g/mol. The summed E-state index contributed by atoms with van der Waals surface area (Å²) in [5.41, 5.74) is 8.13. The maximum Gasteiger partial charge on any atom is 0.0893 e. The van der Waals surface area contributed by atoms with Crippen LogP contribution in [0, 0.1) is 42.4 Å². The van der Waals surface area contributed by atoms with Gasteiger partial charge in [0.05, 0.1) is 22.8 Å². The third-order valence-corrected chi connectivity index (χ3v) is 10.6. The minimum atomic E-state index is -0.116. The van der Waals surface area contributed by atoms with Crippen molar-refractivity contribution < 1.29 is 5.11 Å². The highest BCUT2D eigenvalue weighted by atomic mass is 16.3. The number of aliphatic hydroxyl groups is 1. The van der Waals surface area contributed by atoms with E-state index in [9.17, 15) is 5.11 Å². The number of hydrogen-bond donors (Lipinski definition) is 1. The molecule has 1 aromatic heterocycles. The average Bonchev–Trinajstić information content (AvgIpc) is 3.12. The highest BCUT2D eigenvalue weighted by Gasteiger charge is 2.59. The summed E-state index contributed by atoms with van der Waals surface area (Å²) in [6, 6.07) is 4.40. The quantitative estimate of drug-likeness (QED) is 0.515. The molecular formula is C29H38N2O. The summed E-state index contributed by atoms with van der Waals surface area (Å²) in [4.78, 5) is 10.0. The van der Waals surface area contributed by atoms with Crippen LogP contribution in [-0.4, -0.2) is 21.2 Å². The Morgan fingerprint density at radius 1 is 0.938 bits per heavy atom. The minimum absolute atomic E-state index is 0.116. The maximum absolute atomic E-state index is 10.3. The summed E-state index contributed by atoms with van der Waals surface area (Å²) in [5, 5.41) is 10.3. The van der Waals surface area contributed by atoms with Gasteiger partial charge in [0.15, 0.2) is 0 Å². The molecule has 0 aliphatic heterocycles. The van der Waals surface area contributed by atoms with E-state index in [2.05, 4.69) is 52.1 Å². The topological polar surface area (TPSA) is 46.0 Å². The third kappa shape index (κ3) is 2.89. The molecule has 0 bridgehead atoms. The lowest BCUT2D eigenvalue weighted by Gasteiger charge is -2.58. The van der Waals surface area contributed by atoms with Crippen LogP contribution in [0.5, 0.6) is 0 Å². The van der Waals surface area contributed by atoms with Crippen molar-refractivity contribution in [2.24, 2.45) is 28.6 Å². The number of aromatic nitrogens is 2. The predicted molar refractivity (Wildman–Crippen MR) is 129 cm³/mol. The minimum Gasteiger partial charge on any atom is -0.393 e. The highest BCUT2D eigenvalue weighted by Crippen LogP contribution is 2.67. The first-order valence-corrected chi connectivity index (χ1v) is 12.9. The normalized spacial score (nSPS) is 41.0. The van der Waals surface area contributed by atoms with E-state index in [1.165, 1.54) is 55.3 Å². The number of rotatable bonds is 1. The number of aliphatic hydroxyl groups excluding tert-OH is 1. The predicted octanol–water partition coefficient (Wildman–Crippen LogP) is 6.65. The van der Waals surface area contributed by atoms with Crippen LogP contribution in [0.1, 0.15) is 88.0 Å². The van der Waals surface area contributed by atoms with Gasteiger partial charge in [-0.05, 0) is 117 Å². The number of aryl methyl sites for hydroxylation is 2. The molecule has 0 amide bonds. The first kappa shape index (κ1) is 20.8. The van der Waals surface area contributed by atoms with Crippen LogP contribution in [-0.2, 0) is 0 Å². The van der Waals surface area contributed by atoms with E-state index < -0.39 is 0 Å². The van der Waals surface area contributed by atoms with Gasteiger partial charge in [-0.15, -0.1) is 0 Å². The molecule has 0 radical (unpaired) electrons. The van der Waals surface area contributed by atoms with Gasteiger partial charge >= 0.3 is 0 Å². The van der Waals surface area contributed by atoms with Crippen molar-refractivity contribution in [3.8, 4) is 0 Å². The van der Waals surface area contributed by atoms with E-state index in [0.29, 0.717) is 16.7 Å². The van der Waals surface area contributed by atoms with Gasteiger partial charge in [-0.3, -0.25) is 4.98 Å². The summed E-state index contributed by atoms with van der Waals surface area (Å²) in [5.74, 6) is 2.89. The van der Waals surface area contributed by atoms with Crippen molar-refractivity contribution >= 4 is 11.0 Å². The van der Waals surface area contributed by atoms with Gasteiger partial charge in [-0.2, -0.15) is 0 Å². The first-order valence-electron chi connectivity index (χ1n) is 12.9. The van der Waals surface area contributed by atoms with Gasteiger partial charge in [0, 0.05) is 12.1 Å². The Morgan fingerprint density at radius 3 is 2.53 bits per heavy atom. The molecule has 32 heavy (non-hydrogen) atoms. The molecule has 0 saturated heterocycles. The molecule has 2 aromatic rings. The molecular weight excluding hydrogens is 392 g/mol. The second kappa shape index (κ2) is 7.13. The Balaban J connectivity index is 1.33. The van der Waals surface area contributed by atoms with Crippen molar-refractivity contribution in [2.75, 3.05) is 0 Å². The van der Waals surface area contributed by atoms with Gasteiger partial charge in [0.25, 0.3) is 0 Å². The second-order valence-corrected chi connectivity index (χ2v) is 12.1. The van der Waals surface area contributed by atoms with Crippen LogP contribution in [0.2, 0.25) is 0 Å². The van der Waals surface area contributed by atoms with E-state index in [1.54, 1.807) is 5.57 Å². The van der Waals surface area contributed by atoms with Crippen molar-refractivity contribution in [3.63, 3.8) is 0 Å². The molecule has 1 unspecified atom stereocenters. The zero-order chi connectivity index (χ0) is 22.3. The van der Waals surface area contributed by atoms with Crippen LogP contribution in [0.4, 0.5) is 0 Å².